The molecule has 156 valence electrons. The highest BCUT2D eigenvalue weighted by Crippen LogP contribution is 2.62. The van der Waals surface area contributed by atoms with Crippen molar-refractivity contribution in [3.05, 3.63) is 35.4 Å². The monoisotopic (exact) mass is 440 g/mol. The lowest BCUT2D eigenvalue weighted by atomic mass is 9.92. The smallest absolute Gasteiger partial charge is 0.347 e. The van der Waals surface area contributed by atoms with Gasteiger partial charge in [-0.2, -0.15) is 0 Å². The number of benzene rings is 1. The minimum absolute atomic E-state index is 0.0324. The third-order valence-corrected chi connectivity index (χ3v) is 6.75. The molecular formula is C14H18O12P2. The molecule has 0 aliphatic rings. The number of ether oxygens (including phenoxy) is 1. The maximum absolute atomic E-state index is 12.1. The molecule has 12 nitrogen and oxygen atoms in total. The average Bonchev–Trinajstić information content (AvgIpc) is 2.53. The number of carboxylic acid groups (broad SMARTS) is 2. The molecule has 0 amide bonds. The first-order valence-electron chi connectivity index (χ1n) is 7.53. The van der Waals surface area contributed by atoms with Crippen LogP contribution in [-0.2, 0) is 28.6 Å². The Labute approximate surface area is 158 Å². The van der Waals surface area contributed by atoms with Gasteiger partial charge in [0.1, 0.15) is 0 Å². The number of carbonyl (C=O) groups excluding carboxylic acids is 1. The lowest BCUT2D eigenvalue weighted by molar-refractivity contribution is -0.142. The van der Waals surface area contributed by atoms with Crippen molar-refractivity contribution in [1.29, 1.82) is 0 Å². The normalized spacial score (nSPS) is 15.3. The van der Waals surface area contributed by atoms with Crippen LogP contribution in [0.1, 0.15) is 29.3 Å². The summed E-state index contributed by atoms with van der Waals surface area (Å²) in [6, 6.07) is 3.68. The van der Waals surface area contributed by atoms with E-state index in [-0.39, 0.29) is 12.2 Å². The molecule has 0 spiro atoms. The van der Waals surface area contributed by atoms with Crippen LogP contribution in [0.4, 0.5) is 0 Å². The van der Waals surface area contributed by atoms with Gasteiger partial charge in [0.15, 0.2) is 10.8 Å². The quantitative estimate of drug-likeness (QED) is 0.226. The maximum atomic E-state index is 12.1. The Bertz CT molecular complexity index is 852. The van der Waals surface area contributed by atoms with Crippen molar-refractivity contribution in [3.63, 3.8) is 0 Å². The van der Waals surface area contributed by atoms with E-state index in [4.69, 9.17) is 9.84 Å². The minimum atomic E-state index is -5.72. The summed E-state index contributed by atoms with van der Waals surface area (Å²) in [6.45, 7) is 1.56. The maximum Gasteiger partial charge on any atom is 0.347 e. The van der Waals surface area contributed by atoms with Crippen LogP contribution in [0.3, 0.4) is 0 Å². The lowest BCUT2D eigenvalue weighted by Gasteiger charge is -2.32. The first-order chi connectivity index (χ1) is 12.7. The molecule has 0 aliphatic heterocycles. The van der Waals surface area contributed by atoms with Crippen molar-refractivity contribution < 1.29 is 58.0 Å². The van der Waals surface area contributed by atoms with E-state index < -0.39 is 55.9 Å². The van der Waals surface area contributed by atoms with Crippen LogP contribution >= 0.6 is 15.2 Å². The Kier molecular flexibility index (Phi) is 7.29. The van der Waals surface area contributed by atoms with Crippen molar-refractivity contribution in [2.45, 2.75) is 24.2 Å². The fraction of sp³-hybridized carbons (Fsp3) is 0.357. The number of carbonyl (C=O) groups is 3. The predicted octanol–water partition coefficient (Wildman–Crippen LogP) is 0.342. The van der Waals surface area contributed by atoms with Crippen LogP contribution in [0.15, 0.2) is 24.3 Å². The molecular weight excluding hydrogens is 422 g/mol. The fourth-order valence-electron chi connectivity index (χ4n) is 2.47. The molecule has 0 fully saturated rings. The summed E-state index contributed by atoms with van der Waals surface area (Å²) in [6.07, 6.45) is -1.59. The second-order valence-electron chi connectivity index (χ2n) is 5.65. The van der Waals surface area contributed by atoms with Gasteiger partial charge in [-0.1, -0.05) is 12.1 Å². The van der Waals surface area contributed by atoms with E-state index in [1.54, 1.807) is 0 Å². The van der Waals surface area contributed by atoms with Crippen LogP contribution < -0.4 is 0 Å². The second kappa shape index (κ2) is 8.52. The molecule has 1 aromatic carbocycles. The molecule has 0 aliphatic carbocycles. The molecule has 2 atom stereocenters. The van der Waals surface area contributed by atoms with Gasteiger partial charge in [0.2, 0.25) is 0 Å². The third-order valence-electron chi connectivity index (χ3n) is 3.90. The largest absolute Gasteiger partial charge is 0.481 e. The molecule has 1 rings (SSSR count). The molecule has 28 heavy (non-hydrogen) atoms. The van der Waals surface area contributed by atoms with Crippen LogP contribution in [-0.4, -0.2) is 60.0 Å². The molecule has 0 aromatic heterocycles. The van der Waals surface area contributed by atoms with Crippen molar-refractivity contribution in [2.75, 3.05) is 6.61 Å². The van der Waals surface area contributed by atoms with E-state index in [1.165, 1.54) is 6.92 Å². The molecule has 0 saturated heterocycles. The SMILES string of the molecule is CCOC(=O)c1ccc(C(CC(C(=O)O)P(=O)(O)O)(C(=O)O)P(=O)(O)O)cc1. The van der Waals surface area contributed by atoms with Crippen molar-refractivity contribution in [3.8, 4) is 0 Å². The van der Waals surface area contributed by atoms with Gasteiger partial charge in [0.05, 0.1) is 12.2 Å². The molecule has 14 heteroatoms. The summed E-state index contributed by atoms with van der Waals surface area (Å²) in [5, 5.41) is 15.3. The highest BCUT2D eigenvalue weighted by atomic mass is 31.2. The Hall–Kier alpha value is -2.07. The predicted molar refractivity (Wildman–Crippen MR) is 91.8 cm³/mol. The first kappa shape index (κ1) is 24.0. The topological polar surface area (TPSA) is 216 Å². The van der Waals surface area contributed by atoms with Crippen LogP contribution in [0.5, 0.6) is 0 Å². The third kappa shape index (κ3) is 4.85. The minimum Gasteiger partial charge on any atom is -0.481 e. The van der Waals surface area contributed by atoms with Crippen molar-refractivity contribution in [2.24, 2.45) is 0 Å². The van der Waals surface area contributed by atoms with Gasteiger partial charge in [-0.15, -0.1) is 0 Å². The number of carboxylic acids is 2. The van der Waals surface area contributed by atoms with Crippen LogP contribution in [0.25, 0.3) is 0 Å². The Balaban J connectivity index is 3.63. The summed E-state index contributed by atoms with van der Waals surface area (Å²) in [5.41, 5.74) is -3.41. The summed E-state index contributed by atoms with van der Waals surface area (Å²) < 4.78 is 28.3. The number of hydrogen-bond acceptors (Lipinski definition) is 6. The van der Waals surface area contributed by atoms with E-state index >= 15 is 0 Å². The molecule has 2 unspecified atom stereocenters. The summed E-state index contributed by atoms with van der Waals surface area (Å²) in [4.78, 5) is 72.5. The first-order valence-corrected chi connectivity index (χ1v) is 10.8. The number of aliphatic carboxylic acids is 2. The summed E-state index contributed by atoms with van der Waals surface area (Å²) >= 11 is 0. The van der Waals surface area contributed by atoms with Crippen molar-refractivity contribution >= 4 is 33.1 Å². The van der Waals surface area contributed by atoms with Gasteiger partial charge in [-0.05, 0) is 24.6 Å². The molecule has 6 N–H and O–H groups in total. The van der Waals surface area contributed by atoms with E-state index in [0.29, 0.717) is 0 Å². The van der Waals surface area contributed by atoms with Gasteiger partial charge in [-0.3, -0.25) is 18.7 Å². The summed E-state index contributed by atoms with van der Waals surface area (Å²) in [7, 11) is -11.2. The molecule has 1 aromatic rings. The Morgan fingerprint density at radius 1 is 1.04 bits per heavy atom. The van der Waals surface area contributed by atoms with E-state index in [2.05, 4.69) is 0 Å². The summed E-state index contributed by atoms with van der Waals surface area (Å²) in [5.74, 6) is -5.12. The van der Waals surface area contributed by atoms with E-state index in [9.17, 15) is 48.2 Å². The Morgan fingerprint density at radius 3 is 1.86 bits per heavy atom. The highest BCUT2D eigenvalue weighted by Gasteiger charge is 2.59. The zero-order chi connectivity index (χ0) is 21.9. The molecule has 0 saturated carbocycles. The number of hydrogen-bond donors (Lipinski definition) is 6. The fourth-order valence-corrected chi connectivity index (χ4v) is 4.57. The number of rotatable bonds is 9. The molecule has 0 radical (unpaired) electrons. The van der Waals surface area contributed by atoms with Gasteiger partial charge in [0, 0.05) is 6.42 Å². The van der Waals surface area contributed by atoms with Crippen LogP contribution in [0.2, 0.25) is 0 Å². The van der Waals surface area contributed by atoms with Crippen molar-refractivity contribution in [1.82, 2.24) is 0 Å². The van der Waals surface area contributed by atoms with Gasteiger partial charge in [-0.25, -0.2) is 4.79 Å². The van der Waals surface area contributed by atoms with Gasteiger partial charge in [0.25, 0.3) is 0 Å². The number of esters is 1. The molecule has 0 heterocycles. The molecule has 0 bridgehead atoms. The van der Waals surface area contributed by atoms with Gasteiger partial charge < -0.3 is 34.5 Å². The zero-order valence-electron chi connectivity index (χ0n) is 14.3. The van der Waals surface area contributed by atoms with E-state index in [0.717, 1.165) is 24.3 Å². The van der Waals surface area contributed by atoms with Gasteiger partial charge >= 0.3 is 33.1 Å². The van der Waals surface area contributed by atoms with E-state index in [1.807, 2.05) is 0 Å². The Morgan fingerprint density at radius 2 is 1.54 bits per heavy atom. The lowest BCUT2D eigenvalue weighted by Crippen LogP contribution is -2.41. The van der Waals surface area contributed by atoms with Crippen LogP contribution in [0, 0.1) is 0 Å². The highest BCUT2D eigenvalue weighted by molar-refractivity contribution is 7.55. The average molecular weight is 440 g/mol. The standard InChI is InChI=1S/C14H18O12P2/c1-2-26-12(17)8-3-5-9(6-4-8)14(13(18)19,28(23,24)25)7-10(11(15)16)27(20,21)22/h3-6,10H,2,7H2,1H3,(H,15,16)(H,18,19)(H2,20,21,22)(H2,23,24,25). The second-order valence-corrected chi connectivity index (χ2v) is 9.31. The zero-order valence-corrected chi connectivity index (χ0v) is 16.1.